The van der Waals surface area contributed by atoms with Crippen molar-refractivity contribution in [3.8, 4) is 5.95 Å². The fourth-order valence-electron chi connectivity index (χ4n) is 1.62. The van der Waals surface area contributed by atoms with Crippen LogP contribution < -0.4 is 15.8 Å². The summed E-state index contributed by atoms with van der Waals surface area (Å²) in [4.78, 5) is 38.9. The Kier molecular flexibility index (Phi) is 7.11. The van der Waals surface area contributed by atoms with E-state index < -0.39 is 23.6 Å². The molecule has 1 amide bonds. The Hall–Kier alpha value is -3.11. The summed E-state index contributed by atoms with van der Waals surface area (Å²) in [6, 6.07) is 0. The third-order valence-corrected chi connectivity index (χ3v) is 2.76. The highest BCUT2D eigenvalue weighted by Gasteiger charge is 2.24. The Labute approximate surface area is 149 Å². The minimum atomic E-state index is -0.791. The summed E-state index contributed by atoms with van der Waals surface area (Å²) in [5.74, 6) is -1.93. The molecule has 0 saturated carbocycles. The SMILES string of the molecule is COC(=O)CCC(=O)ON=C(N)c1c(C)noc1OC(=O)NC(C)(C)C. The molecule has 11 nitrogen and oxygen atoms in total. The van der Waals surface area contributed by atoms with E-state index in [0.29, 0.717) is 0 Å². The van der Waals surface area contributed by atoms with Gasteiger partial charge in [-0.3, -0.25) is 4.79 Å². The first-order valence-electron chi connectivity index (χ1n) is 7.60. The maximum absolute atomic E-state index is 11.8. The summed E-state index contributed by atoms with van der Waals surface area (Å²) in [6.07, 6.45) is -1.17. The summed E-state index contributed by atoms with van der Waals surface area (Å²) in [5.41, 5.74) is 5.56. The topological polar surface area (TPSA) is 155 Å². The average molecular weight is 370 g/mol. The largest absolute Gasteiger partial charge is 0.469 e. The lowest BCUT2D eigenvalue weighted by atomic mass is 10.1. The van der Waals surface area contributed by atoms with E-state index in [-0.39, 0.29) is 35.9 Å². The second-order valence-electron chi connectivity index (χ2n) is 6.21. The molecule has 0 aliphatic heterocycles. The van der Waals surface area contributed by atoms with Gasteiger partial charge in [-0.15, -0.1) is 0 Å². The number of carbonyl (C=O) groups is 3. The molecular formula is C15H22N4O7. The molecule has 0 aliphatic carbocycles. The van der Waals surface area contributed by atoms with Gasteiger partial charge in [0.2, 0.25) is 0 Å². The predicted molar refractivity (Wildman–Crippen MR) is 88.2 cm³/mol. The number of oxime groups is 1. The molecule has 0 unspecified atom stereocenters. The van der Waals surface area contributed by atoms with Crippen molar-refractivity contribution in [1.82, 2.24) is 10.5 Å². The van der Waals surface area contributed by atoms with Gasteiger partial charge in [-0.05, 0) is 27.7 Å². The zero-order valence-electron chi connectivity index (χ0n) is 15.2. The Morgan fingerprint density at radius 3 is 2.42 bits per heavy atom. The van der Waals surface area contributed by atoms with Crippen molar-refractivity contribution in [2.24, 2.45) is 10.9 Å². The molecular weight excluding hydrogens is 348 g/mol. The van der Waals surface area contributed by atoms with Crippen molar-refractivity contribution < 1.29 is 33.2 Å². The minimum Gasteiger partial charge on any atom is -0.469 e. The van der Waals surface area contributed by atoms with E-state index in [4.69, 9.17) is 15.0 Å². The van der Waals surface area contributed by atoms with E-state index in [1.54, 1.807) is 20.8 Å². The number of methoxy groups -OCH3 is 1. The molecule has 0 bridgehead atoms. The molecule has 3 N–H and O–H groups in total. The van der Waals surface area contributed by atoms with Gasteiger partial charge >= 0.3 is 24.0 Å². The molecule has 0 aromatic carbocycles. The average Bonchev–Trinajstić information content (AvgIpc) is 2.88. The van der Waals surface area contributed by atoms with Crippen LogP contribution in [-0.2, 0) is 19.2 Å². The van der Waals surface area contributed by atoms with Gasteiger partial charge in [0.15, 0.2) is 5.84 Å². The van der Waals surface area contributed by atoms with Crippen LogP contribution in [0.15, 0.2) is 9.68 Å². The Morgan fingerprint density at radius 1 is 1.23 bits per heavy atom. The number of amidine groups is 1. The van der Waals surface area contributed by atoms with Crippen molar-refractivity contribution in [3.63, 3.8) is 0 Å². The second kappa shape index (κ2) is 8.83. The molecule has 0 fully saturated rings. The first kappa shape index (κ1) is 20.9. The summed E-state index contributed by atoms with van der Waals surface area (Å²) in [6.45, 7) is 6.84. The molecule has 0 saturated heterocycles. The Balaban J connectivity index is 2.78. The number of nitrogens with zero attached hydrogens (tertiary/aromatic N) is 2. The number of hydrogen-bond acceptors (Lipinski definition) is 9. The second-order valence-corrected chi connectivity index (χ2v) is 6.21. The first-order valence-corrected chi connectivity index (χ1v) is 7.60. The zero-order chi connectivity index (χ0) is 19.9. The summed E-state index contributed by atoms with van der Waals surface area (Å²) < 4.78 is 14.3. The number of amides is 1. The third-order valence-electron chi connectivity index (χ3n) is 2.76. The van der Waals surface area contributed by atoms with Gasteiger partial charge < -0.3 is 29.9 Å². The normalized spacial score (nSPS) is 11.7. The summed E-state index contributed by atoms with van der Waals surface area (Å²) in [5, 5.41) is 9.66. The first-order chi connectivity index (χ1) is 12.0. The van der Waals surface area contributed by atoms with Crippen LogP contribution in [0.1, 0.15) is 44.9 Å². The minimum absolute atomic E-state index is 0.0647. The molecule has 1 heterocycles. The number of hydrogen-bond donors (Lipinski definition) is 2. The highest BCUT2D eigenvalue weighted by molar-refractivity contribution is 6.00. The van der Waals surface area contributed by atoms with Crippen LogP contribution in [0.25, 0.3) is 0 Å². The van der Waals surface area contributed by atoms with Crippen LogP contribution in [-0.4, -0.2) is 41.7 Å². The standard InChI is InChI=1S/C15H22N4O7/c1-8-11(12(16)19-25-10(21)7-6-9(20)23-5)13(26-18-8)24-14(22)17-15(2,3)4/h6-7H2,1-5H3,(H2,16,19)(H,17,22). The van der Waals surface area contributed by atoms with Gasteiger partial charge in [-0.2, -0.15) is 0 Å². The Bertz CT molecular complexity index is 703. The monoisotopic (exact) mass is 370 g/mol. The lowest BCUT2D eigenvalue weighted by Gasteiger charge is -2.19. The van der Waals surface area contributed by atoms with E-state index in [0.717, 1.165) is 0 Å². The van der Waals surface area contributed by atoms with Gasteiger partial charge in [0.1, 0.15) is 5.56 Å². The molecule has 0 spiro atoms. The smallest absolute Gasteiger partial charge is 0.415 e. The van der Waals surface area contributed by atoms with Crippen molar-refractivity contribution in [3.05, 3.63) is 11.3 Å². The predicted octanol–water partition coefficient (Wildman–Crippen LogP) is 0.987. The van der Waals surface area contributed by atoms with Gasteiger partial charge in [0.05, 0.1) is 25.6 Å². The number of aryl methyl sites for hydroxylation is 1. The van der Waals surface area contributed by atoms with E-state index in [1.165, 1.54) is 14.0 Å². The van der Waals surface area contributed by atoms with Crippen molar-refractivity contribution in [1.29, 1.82) is 0 Å². The van der Waals surface area contributed by atoms with Crippen LogP contribution >= 0.6 is 0 Å². The summed E-state index contributed by atoms with van der Waals surface area (Å²) >= 11 is 0. The molecule has 1 aromatic heterocycles. The summed E-state index contributed by atoms with van der Waals surface area (Å²) in [7, 11) is 1.20. The fourth-order valence-corrected chi connectivity index (χ4v) is 1.62. The van der Waals surface area contributed by atoms with Gasteiger partial charge in [0, 0.05) is 5.54 Å². The van der Waals surface area contributed by atoms with Crippen LogP contribution in [0, 0.1) is 6.92 Å². The van der Waals surface area contributed by atoms with E-state index in [1.807, 2.05) is 0 Å². The van der Waals surface area contributed by atoms with Crippen LogP contribution in [0.5, 0.6) is 5.95 Å². The molecule has 1 aromatic rings. The number of nitrogens with two attached hydrogens (primary N) is 1. The molecule has 1 rings (SSSR count). The number of aromatic nitrogens is 1. The molecule has 0 aliphatic rings. The van der Waals surface area contributed by atoms with Gasteiger partial charge in [0.25, 0.3) is 0 Å². The maximum atomic E-state index is 11.8. The van der Waals surface area contributed by atoms with Crippen molar-refractivity contribution >= 4 is 23.9 Å². The van der Waals surface area contributed by atoms with Crippen LogP contribution in [0.3, 0.4) is 0 Å². The van der Waals surface area contributed by atoms with Crippen molar-refractivity contribution in [2.45, 2.75) is 46.1 Å². The number of ether oxygens (including phenoxy) is 2. The van der Waals surface area contributed by atoms with E-state index in [2.05, 4.69) is 25.2 Å². The molecule has 0 atom stereocenters. The van der Waals surface area contributed by atoms with Gasteiger partial charge in [-0.1, -0.05) is 10.3 Å². The van der Waals surface area contributed by atoms with Crippen LogP contribution in [0.2, 0.25) is 0 Å². The Morgan fingerprint density at radius 2 is 1.85 bits per heavy atom. The lowest BCUT2D eigenvalue weighted by molar-refractivity contribution is -0.148. The quantitative estimate of drug-likeness (QED) is 0.245. The molecule has 0 radical (unpaired) electrons. The molecule has 11 heteroatoms. The number of carbonyl (C=O) groups excluding carboxylic acids is 3. The van der Waals surface area contributed by atoms with Crippen LogP contribution in [0.4, 0.5) is 4.79 Å². The lowest BCUT2D eigenvalue weighted by Crippen LogP contribution is -2.42. The molecule has 26 heavy (non-hydrogen) atoms. The maximum Gasteiger partial charge on any atom is 0.415 e. The van der Waals surface area contributed by atoms with Crippen molar-refractivity contribution in [2.75, 3.05) is 7.11 Å². The van der Waals surface area contributed by atoms with Gasteiger partial charge in [-0.25, -0.2) is 9.59 Å². The molecule has 144 valence electrons. The number of rotatable bonds is 6. The highest BCUT2D eigenvalue weighted by atomic mass is 16.7. The van der Waals surface area contributed by atoms with E-state index >= 15 is 0 Å². The third kappa shape index (κ3) is 6.79. The van der Waals surface area contributed by atoms with E-state index in [9.17, 15) is 14.4 Å². The highest BCUT2D eigenvalue weighted by Crippen LogP contribution is 2.22. The number of esters is 1. The fraction of sp³-hybridized carbons (Fsp3) is 0.533. The zero-order valence-corrected chi connectivity index (χ0v) is 15.2. The number of nitrogens with one attached hydrogen (secondary N) is 1.